The maximum atomic E-state index is 10.7. The number of benzene rings is 1. The number of carbonyl (C=O) groups excluding carboxylic acids is 1. The Morgan fingerprint density at radius 2 is 1.68 bits per heavy atom. The second-order valence-corrected chi connectivity index (χ2v) is 3.99. The summed E-state index contributed by atoms with van der Waals surface area (Å²) in [5.74, 6) is 0.968. The molecule has 2 heterocycles. The van der Waals surface area contributed by atoms with Gasteiger partial charge in [-0.25, -0.2) is 9.97 Å². The Morgan fingerprint density at radius 1 is 0.947 bits per heavy atom. The fourth-order valence-electron chi connectivity index (χ4n) is 1.95. The van der Waals surface area contributed by atoms with Gasteiger partial charge in [-0.15, -0.1) is 0 Å². The van der Waals surface area contributed by atoms with Crippen molar-refractivity contribution in [2.75, 3.05) is 0 Å². The summed E-state index contributed by atoms with van der Waals surface area (Å²) in [6.07, 6.45) is 5.67. The van der Waals surface area contributed by atoms with E-state index in [1.807, 2.05) is 24.3 Å². The highest BCUT2D eigenvalue weighted by Crippen LogP contribution is 2.31. The molecule has 0 fully saturated rings. The molecule has 0 radical (unpaired) electrons. The zero-order valence-corrected chi connectivity index (χ0v) is 9.98. The maximum Gasteiger partial charge on any atom is 0.185 e. The summed E-state index contributed by atoms with van der Waals surface area (Å²) in [7, 11) is 0. The van der Waals surface area contributed by atoms with Crippen LogP contribution in [0.2, 0.25) is 0 Å². The van der Waals surface area contributed by atoms with Crippen LogP contribution in [0.4, 0.5) is 0 Å². The Bertz CT molecular complexity index is 705. The summed E-state index contributed by atoms with van der Waals surface area (Å²) in [6, 6.07) is 11.2. The molecule has 0 amide bonds. The van der Waals surface area contributed by atoms with Crippen molar-refractivity contribution in [1.82, 2.24) is 9.97 Å². The van der Waals surface area contributed by atoms with E-state index in [9.17, 15) is 4.79 Å². The van der Waals surface area contributed by atoms with Gasteiger partial charge in [-0.05, 0) is 17.7 Å². The van der Waals surface area contributed by atoms with E-state index in [-0.39, 0.29) is 0 Å². The van der Waals surface area contributed by atoms with E-state index in [0.29, 0.717) is 17.8 Å². The molecule has 0 N–H and O–H groups in total. The van der Waals surface area contributed by atoms with Crippen molar-refractivity contribution in [3.8, 4) is 22.5 Å². The number of hydrogen-bond acceptors (Lipinski definition) is 4. The molecule has 19 heavy (non-hydrogen) atoms. The van der Waals surface area contributed by atoms with Gasteiger partial charge < -0.3 is 4.42 Å². The molecule has 0 aliphatic carbocycles. The van der Waals surface area contributed by atoms with Crippen LogP contribution in [0.5, 0.6) is 0 Å². The molecule has 92 valence electrons. The van der Waals surface area contributed by atoms with Gasteiger partial charge in [0.1, 0.15) is 12.1 Å². The van der Waals surface area contributed by atoms with E-state index >= 15 is 0 Å². The summed E-state index contributed by atoms with van der Waals surface area (Å²) >= 11 is 0. The first-order chi connectivity index (χ1) is 9.38. The molecule has 0 atom stereocenters. The second kappa shape index (κ2) is 4.86. The van der Waals surface area contributed by atoms with Crippen molar-refractivity contribution in [1.29, 1.82) is 0 Å². The molecule has 2 aromatic heterocycles. The Morgan fingerprint density at radius 3 is 2.37 bits per heavy atom. The van der Waals surface area contributed by atoms with Crippen LogP contribution in [0.1, 0.15) is 10.6 Å². The Hall–Kier alpha value is -2.75. The molecule has 4 heteroatoms. The lowest BCUT2D eigenvalue weighted by molar-refractivity contribution is 0.110. The maximum absolute atomic E-state index is 10.7. The Labute approximate surface area is 109 Å². The summed E-state index contributed by atoms with van der Waals surface area (Å²) in [4.78, 5) is 18.7. The van der Waals surface area contributed by atoms with Gasteiger partial charge in [0.25, 0.3) is 0 Å². The predicted octanol–water partition coefficient (Wildman–Crippen LogP) is 3.22. The first-order valence-electron chi connectivity index (χ1n) is 5.78. The van der Waals surface area contributed by atoms with Crippen molar-refractivity contribution >= 4 is 6.29 Å². The van der Waals surface area contributed by atoms with Crippen LogP contribution in [-0.2, 0) is 0 Å². The van der Waals surface area contributed by atoms with Crippen LogP contribution in [0.15, 0.2) is 59.5 Å². The molecular formula is C15H10N2O2. The lowest BCUT2D eigenvalue weighted by atomic mass is 10.0. The summed E-state index contributed by atoms with van der Waals surface area (Å²) in [5, 5.41) is 0. The molecule has 0 unspecified atom stereocenters. The molecule has 3 aromatic rings. The third-order valence-corrected chi connectivity index (χ3v) is 2.81. The zero-order chi connectivity index (χ0) is 13.1. The van der Waals surface area contributed by atoms with E-state index in [1.54, 1.807) is 24.5 Å². The van der Waals surface area contributed by atoms with Crippen LogP contribution in [0, 0.1) is 0 Å². The van der Waals surface area contributed by atoms with Gasteiger partial charge in [-0.3, -0.25) is 4.79 Å². The Balaban J connectivity index is 2.14. The average molecular weight is 250 g/mol. The molecule has 0 aliphatic heterocycles. The second-order valence-electron chi connectivity index (χ2n) is 3.99. The van der Waals surface area contributed by atoms with Gasteiger partial charge in [-0.2, -0.15) is 0 Å². The van der Waals surface area contributed by atoms with E-state index in [0.717, 1.165) is 16.7 Å². The van der Waals surface area contributed by atoms with E-state index in [1.165, 1.54) is 6.33 Å². The number of furan rings is 1. The largest absolute Gasteiger partial charge is 0.453 e. The highest BCUT2D eigenvalue weighted by atomic mass is 16.3. The number of carbonyl (C=O) groups is 1. The van der Waals surface area contributed by atoms with Gasteiger partial charge in [-0.1, -0.05) is 24.3 Å². The minimum atomic E-state index is 0.314. The first-order valence-corrected chi connectivity index (χ1v) is 5.78. The van der Waals surface area contributed by atoms with E-state index in [4.69, 9.17) is 4.42 Å². The average Bonchev–Trinajstić information content (AvgIpc) is 2.97. The van der Waals surface area contributed by atoms with Crippen molar-refractivity contribution in [2.45, 2.75) is 0 Å². The normalized spacial score (nSPS) is 10.3. The van der Waals surface area contributed by atoms with Crippen molar-refractivity contribution in [3.05, 3.63) is 60.9 Å². The van der Waals surface area contributed by atoms with Gasteiger partial charge in [0.15, 0.2) is 12.0 Å². The molecule has 4 nitrogen and oxygen atoms in total. The molecule has 0 saturated heterocycles. The highest BCUT2D eigenvalue weighted by molar-refractivity contribution is 5.82. The van der Waals surface area contributed by atoms with Crippen molar-refractivity contribution < 1.29 is 9.21 Å². The summed E-state index contributed by atoms with van der Waals surface area (Å²) in [6.45, 7) is 0. The van der Waals surface area contributed by atoms with Gasteiger partial charge in [0.05, 0.1) is 0 Å². The summed E-state index contributed by atoms with van der Waals surface area (Å²) < 4.78 is 5.47. The highest BCUT2D eigenvalue weighted by Gasteiger charge is 2.10. The smallest absolute Gasteiger partial charge is 0.185 e. The van der Waals surface area contributed by atoms with Crippen LogP contribution in [0.25, 0.3) is 22.5 Å². The molecule has 0 spiro atoms. The van der Waals surface area contributed by atoms with Crippen LogP contribution < -0.4 is 0 Å². The number of rotatable bonds is 3. The van der Waals surface area contributed by atoms with Crippen LogP contribution in [0.3, 0.4) is 0 Å². The topological polar surface area (TPSA) is 56.0 Å². The third kappa shape index (κ3) is 2.15. The molecule has 0 saturated carbocycles. The minimum absolute atomic E-state index is 0.314. The molecule has 3 rings (SSSR count). The molecular weight excluding hydrogens is 240 g/mol. The fourth-order valence-corrected chi connectivity index (χ4v) is 1.95. The standard InChI is InChI=1S/C15H10N2O2/c18-9-12-5-6-15(19-12)14-4-2-1-3-13(14)11-7-16-10-17-8-11/h1-10H. The van der Waals surface area contributed by atoms with Gasteiger partial charge in [0, 0.05) is 23.5 Å². The lowest BCUT2D eigenvalue weighted by Crippen LogP contribution is -1.85. The molecule has 0 bridgehead atoms. The number of hydrogen-bond donors (Lipinski definition) is 0. The fraction of sp³-hybridized carbons (Fsp3) is 0. The van der Waals surface area contributed by atoms with Gasteiger partial charge >= 0.3 is 0 Å². The van der Waals surface area contributed by atoms with Crippen molar-refractivity contribution in [3.63, 3.8) is 0 Å². The first kappa shape index (κ1) is 11.3. The Kier molecular flexibility index (Phi) is 2.90. The van der Waals surface area contributed by atoms with Crippen LogP contribution >= 0.6 is 0 Å². The zero-order valence-electron chi connectivity index (χ0n) is 9.98. The van der Waals surface area contributed by atoms with E-state index in [2.05, 4.69) is 9.97 Å². The van der Waals surface area contributed by atoms with Crippen molar-refractivity contribution in [2.24, 2.45) is 0 Å². The number of aromatic nitrogens is 2. The lowest BCUT2D eigenvalue weighted by Gasteiger charge is -2.06. The van der Waals surface area contributed by atoms with Crippen LogP contribution in [-0.4, -0.2) is 16.3 Å². The van der Waals surface area contributed by atoms with E-state index < -0.39 is 0 Å². The molecule has 0 aliphatic rings. The van der Waals surface area contributed by atoms with Gasteiger partial charge in [0.2, 0.25) is 0 Å². The SMILES string of the molecule is O=Cc1ccc(-c2ccccc2-c2cncnc2)o1. The monoisotopic (exact) mass is 250 g/mol. The number of nitrogens with zero attached hydrogens (tertiary/aromatic N) is 2. The summed E-state index contributed by atoms with van der Waals surface area (Å²) in [5.41, 5.74) is 2.78. The minimum Gasteiger partial charge on any atom is -0.453 e. The predicted molar refractivity (Wildman–Crippen MR) is 70.6 cm³/mol. The quantitative estimate of drug-likeness (QED) is 0.670. The molecule has 1 aromatic carbocycles. The number of aldehydes is 1. The third-order valence-electron chi connectivity index (χ3n) is 2.81.